The van der Waals surface area contributed by atoms with Gasteiger partial charge in [0, 0.05) is 18.5 Å². The number of aliphatic hydroxyl groups is 1. The molecule has 3 N–H and O–H groups in total. The zero-order chi connectivity index (χ0) is 12.4. The van der Waals surface area contributed by atoms with Crippen LogP contribution in [0.25, 0.3) is 0 Å². The lowest BCUT2D eigenvalue weighted by Crippen LogP contribution is -2.45. The van der Waals surface area contributed by atoms with Crippen LogP contribution in [0.1, 0.15) is 39.0 Å². The Kier molecular flexibility index (Phi) is 4.05. The van der Waals surface area contributed by atoms with Crippen molar-refractivity contribution >= 4 is 5.91 Å². The van der Waals surface area contributed by atoms with Crippen molar-refractivity contribution < 1.29 is 9.90 Å². The van der Waals surface area contributed by atoms with Gasteiger partial charge in [-0.2, -0.15) is 0 Å². The molecule has 1 amide bonds. The summed E-state index contributed by atoms with van der Waals surface area (Å²) >= 11 is 0. The number of hydrogen-bond acceptors (Lipinski definition) is 3. The molecule has 2 aliphatic rings. The maximum absolute atomic E-state index is 12.5. The van der Waals surface area contributed by atoms with Crippen molar-refractivity contribution in [2.75, 3.05) is 13.2 Å². The molecule has 98 valence electrons. The molecule has 0 radical (unpaired) electrons. The van der Waals surface area contributed by atoms with Crippen molar-refractivity contribution in [1.29, 1.82) is 0 Å². The SMILES string of the molecule is CC1CC(N)CCC1C(=O)N1CCCC1CO. The molecule has 4 nitrogen and oxygen atoms in total. The summed E-state index contributed by atoms with van der Waals surface area (Å²) in [5.74, 6) is 0.758. The highest BCUT2D eigenvalue weighted by Crippen LogP contribution is 2.32. The number of carbonyl (C=O) groups excluding carboxylic acids is 1. The van der Waals surface area contributed by atoms with Gasteiger partial charge in [0.25, 0.3) is 0 Å². The second-order valence-corrected chi connectivity index (χ2v) is 5.67. The summed E-state index contributed by atoms with van der Waals surface area (Å²) in [5, 5.41) is 9.28. The topological polar surface area (TPSA) is 66.6 Å². The largest absolute Gasteiger partial charge is 0.394 e. The summed E-state index contributed by atoms with van der Waals surface area (Å²) in [6, 6.07) is 0.326. The number of amides is 1. The minimum Gasteiger partial charge on any atom is -0.394 e. The molecule has 1 aliphatic carbocycles. The fourth-order valence-electron chi connectivity index (χ4n) is 3.33. The Labute approximate surface area is 103 Å². The number of hydrogen-bond donors (Lipinski definition) is 2. The predicted octanol–water partition coefficient (Wildman–Crippen LogP) is 0.733. The fraction of sp³-hybridized carbons (Fsp3) is 0.923. The van der Waals surface area contributed by atoms with E-state index in [1.807, 2.05) is 4.90 Å². The van der Waals surface area contributed by atoms with Crippen LogP contribution >= 0.6 is 0 Å². The lowest BCUT2D eigenvalue weighted by Gasteiger charge is -2.35. The standard InChI is InChI=1S/C13H24N2O2/c1-9-7-10(14)4-5-12(9)13(17)15-6-2-3-11(15)8-16/h9-12,16H,2-8,14H2,1H3. The van der Waals surface area contributed by atoms with Crippen LogP contribution in [0.2, 0.25) is 0 Å². The summed E-state index contributed by atoms with van der Waals surface area (Å²) < 4.78 is 0. The molecule has 1 saturated heterocycles. The third-order valence-electron chi connectivity index (χ3n) is 4.40. The average molecular weight is 240 g/mol. The van der Waals surface area contributed by atoms with Crippen molar-refractivity contribution in [1.82, 2.24) is 4.90 Å². The van der Waals surface area contributed by atoms with Gasteiger partial charge in [0.05, 0.1) is 12.6 Å². The van der Waals surface area contributed by atoms with Crippen molar-refractivity contribution in [2.45, 2.75) is 51.1 Å². The van der Waals surface area contributed by atoms with Gasteiger partial charge in [-0.25, -0.2) is 0 Å². The Morgan fingerprint density at radius 3 is 2.82 bits per heavy atom. The highest BCUT2D eigenvalue weighted by Gasteiger charge is 2.37. The van der Waals surface area contributed by atoms with E-state index in [1.54, 1.807) is 0 Å². The Hall–Kier alpha value is -0.610. The monoisotopic (exact) mass is 240 g/mol. The number of likely N-dealkylation sites (tertiary alicyclic amines) is 1. The van der Waals surface area contributed by atoms with Gasteiger partial charge in [0.2, 0.25) is 5.91 Å². The summed E-state index contributed by atoms with van der Waals surface area (Å²) in [5.41, 5.74) is 5.93. The number of rotatable bonds is 2. The molecule has 0 spiro atoms. The van der Waals surface area contributed by atoms with E-state index >= 15 is 0 Å². The van der Waals surface area contributed by atoms with Crippen molar-refractivity contribution in [3.63, 3.8) is 0 Å². The van der Waals surface area contributed by atoms with Gasteiger partial charge >= 0.3 is 0 Å². The van der Waals surface area contributed by atoms with Gasteiger partial charge in [-0.1, -0.05) is 6.92 Å². The summed E-state index contributed by atoms with van der Waals surface area (Å²) in [7, 11) is 0. The summed E-state index contributed by atoms with van der Waals surface area (Å²) in [4.78, 5) is 14.4. The van der Waals surface area contributed by atoms with Crippen LogP contribution in [0.15, 0.2) is 0 Å². The van der Waals surface area contributed by atoms with Crippen LogP contribution < -0.4 is 5.73 Å². The molecule has 1 aliphatic heterocycles. The zero-order valence-electron chi connectivity index (χ0n) is 10.6. The zero-order valence-corrected chi connectivity index (χ0v) is 10.6. The van der Waals surface area contributed by atoms with E-state index in [0.717, 1.165) is 38.6 Å². The Bertz CT molecular complexity index is 283. The smallest absolute Gasteiger partial charge is 0.226 e. The van der Waals surface area contributed by atoms with E-state index in [1.165, 1.54) is 0 Å². The third kappa shape index (κ3) is 2.63. The number of carbonyl (C=O) groups is 1. The number of nitrogens with zero attached hydrogens (tertiary/aromatic N) is 1. The minimum atomic E-state index is 0.0605. The molecule has 4 atom stereocenters. The van der Waals surface area contributed by atoms with E-state index in [4.69, 9.17) is 5.73 Å². The van der Waals surface area contributed by atoms with Gasteiger partial charge in [-0.15, -0.1) is 0 Å². The molecular formula is C13H24N2O2. The van der Waals surface area contributed by atoms with Crippen LogP contribution in [0.4, 0.5) is 0 Å². The lowest BCUT2D eigenvalue weighted by molar-refractivity contribution is -0.140. The van der Waals surface area contributed by atoms with Crippen LogP contribution in [0.5, 0.6) is 0 Å². The second kappa shape index (κ2) is 5.36. The molecule has 2 fully saturated rings. The van der Waals surface area contributed by atoms with Gasteiger partial charge in [0.1, 0.15) is 0 Å². The number of nitrogens with two attached hydrogens (primary N) is 1. The first-order valence-electron chi connectivity index (χ1n) is 6.80. The fourth-order valence-corrected chi connectivity index (χ4v) is 3.33. The van der Waals surface area contributed by atoms with Gasteiger partial charge in [-0.05, 0) is 38.0 Å². The Morgan fingerprint density at radius 2 is 2.18 bits per heavy atom. The van der Waals surface area contributed by atoms with Gasteiger partial charge in [0.15, 0.2) is 0 Å². The Morgan fingerprint density at radius 1 is 1.41 bits per heavy atom. The molecule has 0 aromatic heterocycles. The lowest BCUT2D eigenvalue weighted by atomic mass is 9.77. The first-order valence-corrected chi connectivity index (χ1v) is 6.80. The van der Waals surface area contributed by atoms with E-state index in [9.17, 15) is 9.90 Å². The minimum absolute atomic E-state index is 0.0605. The molecule has 0 bridgehead atoms. The summed E-state index contributed by atoms with van der Waals surface area (Å²) in [6.07, 6.45) is 4.79. The third-order valence-corrected chi connectivity index (χ3v) is 4.40. The van der Waals surface area contributed by atoms with E-state index in [0.29, 0.717) is 5.92 Å². The molecule has 1 heterocycles. The van der Waals surface area contributed by atoms with E-state index in [2.05, 4.69) is 6.92 Å². The first kappa shape index (κ1) is 12.8. The molecule has 0 aromatic rings. The first-order chi connectivity index (χ1) is 8.13. The number of aliphatic hydroxyl groups excluding tert-OH is 1. The predicted molar refractivity (Wildman–Crippen MR) is 66.3 cm³/mol. The Balaban J connectivity index is 1.99. The maximum Gasteiger partial charge on any atom is 0.226 e. The molecule has 17 heavy (non-hydrogen) atoms. The average Bonchev–Trinajstić information content (AvgIpc) is 2.76. The quantitative estimate of drug-likeness (QED) is 0.748. The summed E-state index contributed by atoms with van der Waals surface area (Å²) in [6.45, 7) is 3.05. The van der Waals surface area contributed by atoms with Gasteiger partial charge in [-0.3, -0.25) is 4.79 Å². The van der Waals surface area contributed by atoms with Crippen LogP contribution in [0.3, 0.4) is 0 Å². The van der Waals surface area contributed by atoms with Gasteiger partial charge < -0.3 is 15.7 Å². The highest BCUT2D eigenvalue weighted by atomic mass is 16.3. The normalized spacial score (nSPS) is 38.4. The van der Waals surface area contributed by atoms with Crippen molar-refractivity contribution in [3.05, 3.63) is 0 Å². The second-order valence-electron chi connectivity index (χ2n) is 5.67. The van der Waals surface area contributed by atoms with Crippen LogP contribution in [0, 0.1) is 11.8 Å². The molecule has 2 rings (SSSR count). The van der Waals surface area contributed by atoms with Crippen LogP contribution in [-0.4, -0.2) is 41.1 Å². The molecule has 4 heteroatoms. The highest BCUT2D eigenvalue weighted by molar-refractivity contribution is 5.79. The van der Waals surface area contributed by atoms with E-state index in [-0.39, 0.29) is 30.5 Å². The van der Waals surface area contributed by atoms with Crippen molar-refractivity contribution in [2.24, 2.45) is 17.6 Å². The van der Waals surface area contributed by atoms with E-state index < -0.39 is 0 Å². The van der Waals surface area contributed by atoms with Crippen LogP contribution in [-0.2, 0) is 4.79 Å². The molecule has 4 unspecified atom stereocenters. The maximum atomic E-state index is 12.5. The molecular weight excluding hydrogens is 216 g/mol. The molecule has 1 saturated carbocycles. The van der Waals surface area contributed by atoms with Crippen molar-refractivity contribution in [3.8, 4) is 0 Å². The molecule has 0 aromatic carbocycles.